The molecule has 1 aromatic carbocycles. The topological polar surface area (TPSA) is 98.8 Å². The second-order valence-electron chi connectivity index (χ2n) is 4.69. The van der Waals surface area contributed by atoms with Crippen LogP contribution in [0.2, 0.25) is 5.15 Å². The molecule has 0 unspecified atom stereocenters. The van der Waals surface area contributed by atoms with Crippen LogP contribution in [0.25, 0.3) is 0 Å². The summed E-state index contributed by atoms with van der Waals surface area (Å²) >= 11 is 5.66. The zero-order chi connectivity index (χ0) is 18.4. The summed E-state index contributed by atoms with van der Waals surface area (Å²) in [5.41, 5.74) is 5.04. The molecule has 132 valence electrons. The lowest BCUT2D eigenvalue weighted by Gasteiger charge is -2.14. The molecule has 0 spiro atoms. The van der Waals surface area contributed by atoms with Gasteiger partial charge < -0.3 is 14.2 Å². The molecule has 1 heterocycles. The van der Waals surface area contributed by atoms with E-state index in [4.69, 9.17) is 25.8 Å². The number of aromatic nitrogens is 1. The lowest BCUT2D eigenvalue weighted by molar-refractivity contribution is 0.0846. The minimum atomic E-state index is -0.561. The van der Waals surface area contributed by atoms with Gasteiger partial charge in [0, 0.05) is 11.8 Å². The fraction of sp³-hybridized carbons (Fsp3) is 0.188. The molecule has 0 saturated carbocycles. The SMILES string of the molecule is COc1cc(C(=O)NNC(=O)c2ccc(Cl)nc2)cc(OC)c1OC. The Kier molecular flexibility index (Phi) is 6.02. The van der Waals surface area contributed by atoms with Crippen molar-refractivity contribution >= 4 is 23.4 Å². The molecular formula is C16H16ClN3O5. The zero-order valence-electron chi connectivity index (χ0n) is 13.8. The lowest BCUT2D eigenvalue weighted by atomic mass is 10.1. The van der Waals surface area contributed by atoms with E-state index < -0.39 is 11.8 Å². The van der Waals surface area contributed by atoms with Gasteiger partial charge in [-0.3, -0.25) is 20.4 Å². The van der Waals surface area contributed by atoms with E-state index in [1.165, 1.54) is 51.8 Å². The summed E-state index contributed by atoms with van der Waals surface area (Å²) in [7, 11) is 4.34. The predicted molar refractivity (Wildman–Crippen MR) is 90.3 cm³/mol. The number of hydrazine groups is 1. The number of hydrogen-bond acceptors (Lipinski definition) is 6. The first kappa shape index (κ1) is 18.3. The smallest absolute Gasteiger partial charge is 0.271 e. The number of nitrogens with zero attached hydrogens (tertiary/aromatic N) is 1. The molecule has 2 rings (SSSR count). The first-order chi connectivity index (χ1) is 12.0. The first-order valence-corrected chi connectivity index (χ1v) is 7.40. The van der Waals surface area contributed by atoms with E-state index in [-0.39, 0.29) is 16.3 Å². The van der Waals surface area contributed by atoms with E-state index in [0.29, 0.717) is 17.2 Å². The third-order valence-electron chi connectivity index (χ3n) is 3.21. The molecule has 2 N–H and O–H groups in total. The number of carbonyl (C=O) groups is 2. The van der Waals surface area contributed by atoms with Crippen LogP contribution in [0.1, 0.15) is 20.7 Å². The van der Waals surface area contributed by atoms with Crippen LogP contribution < -0.4 is 25.1 Å². The normalized spacial score (nSPS) is 9.92. The number of carbonyl (C=O) groups excluding carboxylic acids is 2. The molecule has 0 aliphatic heterocycles. The Morgan fingerprint density at radius 2 is 1.48 bits per heavy atom. The van der Waals surface area contributed by atoms with Crippen LogP contribution in [-0.4, -0.2) is 38.1 Å². The van der Waals surface area contributed by atoms with Crippen LogP contribution in [0.4, 0.5) is 0 Å². The Bertz CT molecular complexity index is 755. The van der Waals surface area contributed by atoms with Crippen molar-refractivity contribution in [2.45, 2.75) is 0 Å². The van der Waals surface area contributed by atoms with Gasteiger partial charge in [-0.1, -0.05) is 11.6 Å². The third kappa shape index (κ3) is 4.30. The maximum absolute atomic E-state index is 12.3. The quantitative estimate of drug-likeness (QED) is 0.619. The monoisotopic (exact) mass is 365 g/mol. The highest BCUT2D eigenvalue weighted by molar-refractivity contribution is 6.29. The Morgan fingerprint density at radius 1 is 0.920 bits per heavy atom. The molecule has 0 aliphatic carbocycles. The van der Waals surface area contributed by atoms with E-state index in [1.54, 1.807) is 0 Å². The van der Waals surface area contributed by atoms with Gasteiger partial charge >= 0.3 is 0 Å². The maximum atomic E-state index is 12.3. The van der Waals surface area contributed by atoms with Crippen molar-refractivity contribution in [1.29, 1.82) is 0 Å². The molecule has 2 amide bonds. The number of hydrogen-bond donors (Lipinski definition) is 2. The fourth-order valence-corrected chi connectivity index (χ4v) is 2.09. The fourth-order valence-electron chi connectivity index (χ4n) is 1.98. The maximum Gasteiger partial charge on any atom is 0.271 e. The summed E-state index contributed by atoms with van der Waals surface area (Å²) in [6.07, 6.45) is 1.29. The van der Waals surface area contributed by atoms with Crippen molar-refractivity contribution in [2.75, 3.05) is 21.3 Å². The van der Waals surface area contributed by atoms with E-state index in [9.17, 15) is 9.59 Å². The molecule has 25 heavy (non-hydrogen) atoms. The Morgan fingerprint density at radius 3 is 1.92 bits per heavy atom. The van der Waals surface area contributed by atoms with Gasteiger partial charge in [0.15, 0.2) is 11.5 Å². The van der Waals surface area contributed by atoms with Crippen LogP contribution in [0, 0.1) is 0 Å². The van der Waals surface area contributed by atoms with E-state index in [2.05, 4.69) is 15.8 Å². The zero-order valence-corrected chi connectivity index (χ0v) is 14.5. The summed E-state index contributed by atoms with van der Waals surface area (Å²) in [5.74, 6) is -0.0993. The second-order valence-corrected chi connectivity index (χ2v) is 5.08. The molecule has 0 saturated heterocycles. The van der Waals surface area contributed by atoms with E-state index in [0.717, 1.165) is 0 Å². The standard InChI is InChI=1S/C16H16ClN3O5/c1-23-11-6-10(7-12(24-2)14(11)25-3)16(22)20-19-15(21)9-4-5-13(17)18-8-9/h4-8H,1-3H3,(H,19,21)(H,20,22). The number of pyridine rings is 1. The van der Waals surface area contributed by atoms with Crippen LogP contribution in [0.15, 0.2) is 30.5 Å². The summed E-state index contributed by atoms with van der Waals surface area (Å²) in [6.45, 7) is 0. The number of nitrogens with one attached hydrogen (secondary N) is 2. The highest BCUT2D eigenvalue weighted by Crippen LogP contribution is 2.38. The number of halogens is 1. The number of benzene rings is 1. The summed E-state index contributed by atoms with van der Waals surface area (Å²) in [6, 6.07) is 5.88. The van der Waals surface area contributed by atoms with Gasteiger partial charge in [-0.05, 0) is 24.3 Å². The largest absolute Gasteiger partial charge is 0.493 e. The van der Waals surface area contributed by atoms with Gasteiger partial charge in [0.25, 0.3) is 11.8 Å². The molecular weight excluding hydrogens is 350 g/mol. The molecule has 1 aromatic heterocycles. The van der Waals surface area contributed by atoms with Gasteiger partial charge in [0.05, 0.1) is 26.9 Å². The lowest BCUT2D eigenvalue weighted by Crippen LogP contribution is -2.41. The molecule has 0 atom stereocenters. The molecule has 0 fully saturated rings. The molecule has 0 radical (unpaired) electrons. The van der Waals surface area contributed by atoms with Gasteiger partial charge in [-0.2, -0.15) is 0 Å². The van der Waals surface area contributed by atoms with Crippen molar-refractivity contribution < 1.29 is 23.8 Å². The van der Waals surface area contributed by atoms with Crippen molar-refractivity contribution in [1.82, 2.24) is 15.8 Å². The summed E-state index contributed by atoms with van der Waals surface area (Å²) in [5, 5.41) is 0.262. The highest BCUT2D eigenvalue weighted by Gasteiger charge is 2.17. The Hall–Kier alpha value is -3.00. The van der Waals surface area contributed by atoms with Crippen molar-refractivity contribution in [3.8, 4) is 17.2 Å². The third-order valence-corrected chi connectivity index (χ3v) is 3.43. The van der Waals surface area contributed by atoms with Gasteiger partial charge in [0.1, 0.15) is 5.15 Å². The number of ether oxygens (including phenoxy) is 3. The number of rotatable bonds is 5. The number of methoxy groups -OCH3 is 3. The van der Waals surface area contributed by atoms with Gasteiger partial charge in [0.2, 0.25) is 5.75 Å². The van der Waals surface area contributed by atoms with Crippen molar-refractivity contribution in [3.05, 3.63) is 46.7 Å². The number of amides is 2. The van der Waals surface area contributed by atoms with Crippen LogP contribution in [-0.2, 0) is 0 Å². The van der Waals surface area contributed by atoms with Crippen molar-refractivity contribution in [2.24, 2.45) is 0 Å². The molecule has 9 heteroatoms. The molecule has 8 nitrogen and oxygen atoms in total. The van der Waals surface area contributed by atoms with Crippen LogP contribution >= 0.6 is 11.6 Å². The average molecular weight is 366 g/mol. The van der Waals surface area contributed by atoms with Gasteiger partial charge in [-0.25, -0.2) is 4.98 Å². The Labute approximate surface area is 149 Å². The Balaban J connectivity index is 2.12. The molecule has 0 aliphatic rings. The highest BCUT2D eigenvalue weighted by atomic mass is 35.5. The van der Waals surface area contributed by atoms with Gasteiger partial charge in [-0.15, -0.1) is 0 Å². The second kappa shape index (κ2) is 8.20. The minimum absolute atomic E-state index is 0.212. The average Bonchev–Trinajstić information content (AvgIpc) is 2.64. The summed E-state index contributed by atoms with van der Waals surface area (Å²) < 4.78 is 15.6. The first-order valence-electron chi connectivity index (χ1n) is 7.02. The predicted octanol–water partition coefficient (Wildman–Crippen LogP) is 1.84. The van der Waals surface area contributed by atoms with E-state index >= 15 is 0 Å². The minimum Gasteiger partial charge on any atom is -0.493 e. The van der Waals surface area contributed by atoms with Crippen LogP contribution in [0.5, 0.6) is 17.2 Å². The molecule has 2 aromatic rings. The van der Waals surface area contributed by atoms with Crippen LogP contribution in [0.3, 0.4) is 0 Å². The van der Waals surface area contributed by atoms with Crippen molar-refractivity contribution in [3.63, 3.8) is 0 Å². The molecule has 0 bridgehead atoms. The van der Waals surface area contributed by atoms with E-state index in [1.807, 2.05) is 0 Å². The summed E-state index contributed by atoms with van der Waals surface area (Å²) in [4.78, 5) is 28.0.